The smallest absolute Gasteiger partial charge is 0.254 e. The van der Waals surface area contributed by atoms with Crippen LogP contribution in [0, 0.1) is 13.8 Å². The highest BCUT2D eigenvalue weighted by Gasteiger charge is 2.34. The van der Waals surface area contributed by atoms with Crippen molar-refractivity contribution in [3.63, 3.8) is 0 Å². The fraction of sp³-hybridized carbons (Fsp3) is 0.312. The molecule has 0 saturated heterocycles. The lowest BCUT2D eigenvalue weighted by Crippen LogP contribution is -2.28. The normalized spacial score (nSPS) is 17.0. The Morgan fingerprint density at radius 2 is 1.90 bits per heavy atom. The Morgan fingerprint density at radius 1 is 1.24 bits per heavy atom. The van der Waals surface area contributed by atoms with Crippen LogP contribution in [0.2, 0.25) is 5.15 Å². The lowest BCUT2D eigenvalue weighted by atomic mass is 10.1. The van der Waals surface area contributed by atoms with Crippen LogP contribution in [0.5, 0.6) is 0 Å². The quantitative estimate of drug-likeness (QED) is 0.758. The van der Waals surface area contributed by atoms with Crippen LogP contribution in [0.25, 0.3) is 0 Å². The molecule has 2 heterocycles. The van der Waals surface area contributed by atoms with E-state index in [0.29, 0.717) is 23.1 Å². The van der Waals surface area contributed by atoms with E-state index in [1.807, 2.05) is 38.1 Å². The van der Waals surface area contributed by atoms with Crippen molar-refractivity contribution in [2.75, 3.05) is 0 Å². The van der Waals surface area contributed by atoms with Crippen molar-refractivity contribution in [1.29, 1.82) is 0 Å². The number of fused-ring (bicyclic) bond motifs is 1. The average Bonchev–Trinajstić information content (AvgIpc) is 2.76. The van der Waals surface area contributed by atoms with E-state index in [0.717, 1.165) is 16.8 Å². The molecule has 0 aliphatic carbocycles. The number of benzene rings is 1. The predicted octanol–water partition coefficient (Wildman–Crippen LogP) is 3.46. The molecule has 1 aromatic carbocycles. The van der Waals surface area contributed by atoms with Crippen molar-refractivity contribution >= 4 is 17.5 Å². The van der Waals surface area contributed by atoms with Crippen LogP contribution < -0.4 is 0 Å². The van der Waals surface area contributed by atoms with Crippen molar-refractivity contribution in [3.05, 3.63) is 57.6 Å². The molecule has 108 valence electrons. The summed E-state index contributed by atoms with van der Waals surface area (Å²) in [7, 11) is 0. The summed E-state index contributed by atoms with van der Waals surface area (Å²) in [6, 6.07) is 7.48. The van der Waals surface area contributed by atoms with Crippen LogP contribution in [0.1, 0.15) is 46.0 Å². The van der Waals surface area contributed by atoms with Gasteiger partial charge in [0.2, 0.25) is 0 Å². The molecule has 0 spiro atoms. The molecule has 5 heteroatoms. The Kier molecular flexibility index (Phi) is 3.41. The molecule has 0 radical (unpaired) electrons. The third kappa shape index (κ3) is 2.40. The average molecular weight is 302 g/mol. The van der Waals surface area contributed by atoms with E-state index >= 15 is 0 Å². The predicted molar refractivity (Wildman–Crippen MR) is 81.2 cm³/mol. The number of carbonyl (C=O) groups is 1. The summed E-state index contributed by atoms with van der Waals surface area (Å²) in [6.45, 7) is 6.25. The second kappa shape index (κ2) is 5.11. The molecule has 1 aliphatic rings. The van der Waals surface area contributed by atoms with E-state index in [9.17, 15) is 4.79 Å². The van der Waals surface area contributed by atoms with E-state index < -0.39 is 0 Å². The Balaban J connectivity index is 1.94. The lowest BCUT2D eigenvalue weighted by molar-refractivity contribution is 0.0704. The van der Waals surface area contributed by atoms with Crippen molar-refractivity contribution in [3.8, 4) is 0 Å². The van der Waals surface area contributed by atoms with E-state index in [4.69, 9.17) is 11.6 Å². The van der Waals surface area contributed by atoms with Gasteiger partial charge in [-0.15, -0.1) is 0 Å². The monoisotopic (exact) mass is 301 g/mol. The van der Waals surface area contributed by atoms with Crippen LogP contribution in [-0.2, 0) is 6.54 Å². The molecule has 2 aromatic rings. The first kappa shape index (κ1) is 14.0. The van der Waals surface area contributed by atoms with E-state index in [1.54, 1.807) is 11.8 Å². The Hall–Kier alpha value is -1.94. The number of halogens is 1. The summed E-state index contributed by atoms with van der Waals surface area (Å²) >= 11 is 6.22. The maximum atomic E-state index is 12.7. The van der Waals surface area contributed by atoms with Crippen LogP contribution in [0.3, 0.4) is 0 Å². The summed E-state index contributed by atoms with van der Waals surface area (Å²) in [5.74, 6) is 0.629. The maximum absolute atomic E-state index is 12.7. The van der Waals surface area contributed by atoms with Gasteiger partial charge in [0.05, 0.1) is 18.3 Å². The van der Waals surface area contributed by atoms with E-state index in [2.05, 4.69) is 9.97 Å². The highest BCUT2D eigenvalue weighted by molar-refractivity contribution is 6.30. The zero-order valence-corrected chi connectivity index (χ0v) is 13.0. The van der Waals surface area contributed by atoms with Crippen LogP contribution in [-0.4, -0.2) is 20.8 Å². The summed E-state index contributed by atoms with van der Waals surface area (Å²) < 4.78 is 0. The number of carbonyl (C=O) groups excluding carboxylic acids is 1. The number of aryl methyl sites for hydroxylation is 2. The van der Waals surface area contributed by atoms with Gasteiger partial charge >= 0.3 is 0 Å². The van der Waals surface area contributed by atoms with E-state index in [-0.39, 0.29) is 11.9 Å². The Bertz CT molecular complexity index is 712. The molecule has 1 unspecified atom stereocenters. The fourth-order valence-electron chi connectivity index (χ4n) is 2.70. The van der Waals surface area contributed by atoms with Gasteiger partial charge in [-0.3, -0.25) is 4.79 Å². The zero-order chi connectivity index (χ0) is 15.1. The van der Waals surface area contributed by atoms with Gasteiger partial charge in [0.15, 0.2) is 0 Å². The minimum absolute atomic E-state index is 0.00535. The second-order valence-corrected chi connectivity index (χ2v) is 5.76. The maximum Gasteiger partial charge on any atom is 0.254 e. The first-order chi connectivity index (χ1) is 9.97. The van der Waals surface area contributed by atoms with Gasteiger partial charge in [-0.25, -0.2) is 9.97 Å². The van der Waals surface area contributed by atoms with Crippen molar-refractivity contribution < 1.29 is 4.79 Å². The molecule has 3 rings (SSSR count). The topological polar surface area (TPSA) is 46.1 Å². The largest absolute Gasteiger partial charge is 0.326 e. The zero-order valence-electron chi connectivity index (χ0n) is 12.2. The molecule has 0 saturated carbocycles. The first-order valence-corrected chi connectivity index (χ1v) is 7.25. The summed E-state index contributed by atoms with van der Waals surface area (Å²) in [5, 5.41) is 0.448. The Labute approximate surface area is 128 Å². The molecule has 1 atom stereocenters. The van der Waals surface area contributed by atoms with Crippen molar-refractivity contribution in [2.45, 2.75) is 33.4 Å². The van der Waals surface area contributed by atoms with Crippen molar-refractivity contribution in [2.24, 2.45) is 0 Å². The molecule has 1 aromatic heterocycles. The van der Waals surface area contributed by atoms with Gasteiger partial charge in [0, 0.05) is 11.1 Å². The SMILES string of the molecule is Cc1ccc(C(=O)N2Cc3nc(C)nc(Cl)c3C2C)cc1. The molecule has 0 fully saturated rings. The van der Waals surface area contributed by atoms with Gasteiger partial charge in [0.1, 0.15) is 11.0 Å². The third-order valence-electron chi connectivity index (χ3n) is 3.85. The van der Waals surface area contributed by atoms with Gasteiger partial charge in [-0.05, 0) is 32.9 Å². The highest BCUT2D eigenvalue weighted by Crippen LogP contribution is 2.37. The number of hydrogen-bond acceptors (Lipinski definition) is 3. The number of nitrogens with zero attached hydrogens (tertiary/aromatic N) is 3. The third-order valence-corrected chi connectivity index (χ3v) is 4.14. The number of aromatic nitrogens is 2. The molecular formula is C16H16ClN3O. The minimum Gasteiger partial charge on any atom is -0.326 e. The van der Waals surface area contributed by atoms with Crippen LogP contribution >= 0.6 is 11.6 Å². The highest BCUT2D eigenvalue weighted by atomic mass is 35.5. The van der Waals surface area contributed by atoms with Crippen LogP contribution in [0.15, 0.2) is 24.3 Å². The number of hydrogen-bond donors (Lipinski definition) is 0. The minimum atomic E-state index is -0.109. The van der Waals surface area contributed by atoms with Crippen molar-refractivity contribution in [1.82, 2.24) is 14.9 Å². The van der Waals surface area contributed by atoms with Gasteiger partial charge in [-0.2, -0.15) is 0 Å². The Morgan fingerprint density at radius 3 is 2.57 bits per heavy atom. The van der Waals surface area contributed by atoms with Gasteiger partial charge in [0.25, 0.3) is 5.91 Å². The fourth-order valence-corrected chi connectivity index (χ4v) is 3.09. The van der Waals surface area contributed by atoms with Crippen LogP contribution in [0.4, 0.5) is 0 Å². The molecule has 4 nitrogen and oxygen atoms in total. The summed E-state index contributed by atoms with van der Waals surface area (Å²) in [4.78, 5) is 23.1. The molecule has 21 heavy (non-hydrogen) atoms. The van der Waals surface area contributed by atoms with Gasteiger partial charge in [-0.1, -0.05) is 29.3 Å². The second-order valence-electron chi connectivity index (χ2n) is 5.40. The lowest BCUT2D eigenvalue weighted by Gasteiger charge is -2.21. The number of rotatable bonds is 1. The van der Waals surface area contributed by atoms with E-state index in [1.165, 1.54) is 0 Å². The standard InChI is InChI=1S/C16H16ClN3O/c1-9-4-6-12(7-5-9)16(21)20-8-13-14(10(20)2)15(17)19-11(3)18-13/h4-7,10H,8H2,1-3H3. The first-order valence-electron chi connectivity index (χ1n) is 6.88. The molecular weight excluding hydrogens is 286 g/mol. The summed E-state index contributed by atoms with van der Waals surface area (Å²) in [6.07, 6.45) is 0. The molecule has 1 aliphatic heterocycles. The number of amides is 1. The molecule has 0 bridgehead atoms. The molecule has 1 amide bonds. The summed E-state index contributed by atoms with van der Waals surface area (Å²) in [5.41, 5.74) is 3.53. The molecule has 0 N–H and O–H groups in total. The van der Waals surface area contributed by atoms with Gasteiger partial charge < -0.3 is 4.90 Å².